The number of benzene rings is 1. The Hall–Kier alpha value is -1.02. The van der Waals surface area contributed by atoms with Gasteiger partial charge < -0.3 is 4.74 Å². The first kappa shape index (κ1) is 13.0. The van der Waals surface area contributed by atoms with E-state index < -0.39 is 0 Å². The standard InChI is InChI=1S/C6H5Cl.C5H10O2/c7-6-4-2-1-3-5-6;1-4(2)7-5(3)6/h1-5H;4H,1-3H3. The lowest BCUT2D eigenvalue weighted by Gasteiger charge is -2.01. The highest BCUT2D eigenvalue weighted by atomic mass is 35.5. The summed E-state index contributed by atoms with van der Waals surface area (Å²) in [5.41, 5.74) is 0. The maximum atomic E-state index is 10.0. The van der Waals surface area contributed by atoms with E-state index in [4.69, 9.17) is 11.6 Å². The van der Waals surface area contributed by atoms with E-state index in [1.54, 1.807) is 0 Å². The van der Waals surface area contributed by atoms with E-state index in [2.05, 4.69) is 4.74 Å². The highest BCUT2D eigenvalue weighted by Gasteiger charge is 1.93. The molecule has 3 heteroatoms. The smallest absolute Gasteiger partial charge is 0.302 e. The molecule has 0 heterocycles. The Morgan fingerprint density at radius 1 is 1.29 bits per heavy atom. The van der Waals surface area contributed by atoms with Crippen molar-refractivity contribution in [3.05, 3.63) is 35.4 Å². The fourth-order valence-corrected chi connectivity index (χ4v) is 0.892. The van der Waals surface area contributed by atoms with E-state index in [9.17, 15) is 4.79 Å². The van der Waals surface area contributed by atoms with Crippen molar-refractivity contribution >= 4 is 17.6 Å². The Bertz CT molecular complexity index is 257. The van der Waals surface area contributed by atoms with Crippen molar-refractivity contribution < 1.29 is 9.53 Å². The summed E-state index contributed by atoms with van der Waals surface area (Å²) in [5, 5.41) is 0.794. The molecule has 0 aliphatic rings. The molecule has 0 fully saturated rings. The van der Waals surface area contributed by atoms with Crippen LogP contribution in [0.1, 0.15) is 20.8 Å². The molecular formula is C11H15ClO2. The first-order valence-corrected chi connectivity index (χ1v) is 4.78. The van der Waals surface area contributed by atoms with Crippen molar-refractivity contribution in [1.29, 1.82) is 0 Å². The molecule has 0 radical (unpaired) electrons. The lowest BCUT2D eigenvalue weighted by atomic mass is 10.4. The van der Waals surface area contributed by atoms with Gasteiger partial charge in [-0.15, -0.1) is 0 Å². The van der Waals surface area contributed by atoms with Gasteiger partial charge in [0, 0.05) is 11.9 Å². The molecule has 0 unspecified atom stereocenters. The zero-order valence-corrected chi connectivity index (χ0v) is 9.41. The zero-order valence-electron chi connectivity index (χ0n) is 8.66. The Morgan fingerprint density at radius 2 is 1.79 bits per heavy atom. The Labute approximate surface area is 89.8 Å². The monoisotopic (exact) mass is 214 g/mol. The van der Waals surface area contributed by atoms with Gasteiger partial charge in [0.1, 0.15) is 0 Å². The molecule has 14 heavy (non-hydrogen) atoms. The Balaban J connectivity index is 0.000000241. The van der Waals surface area contributed by atoms with Crippen LogP contribution < -0.4 is 0 Å². The van der Waals surface area contributed by atoms with E-state index in [0.717, 1.165) is 5.02 Å². The summed E-state index contributed by atoms with van der Waals surface area (Å²) >= 11 is 5.54. The van der Waals surface area contributed by atoms with Gasteiger partial charge >= 0.3 is 5.97 Å². The number of rotatable bonds is 1. The number of halogens is 1. The average molecular weight is 215 g/mol. The van der Waals surface area contributed by atoms with E-state index in [-0.39, 0.29) is 12.1 Å². The van der Waals surface area contributed by atoms with Crippen LogP contribution in [0, 0.1) is 0 Å². The predicted molar refractivity (Wildman–Crippen MR) is 58.4 cm³/mol. The third kappa shape index (κ3) is 9.07. The van der Waals surface area contributed by atoms with Gasteiger partial charge in [0.25, 0.3) is 0 Å². The number of esters is 1. The van der Waals surface area contributed by atoms with E-state index in [1.165, 1.54) is 6.92 Å². The number of ether oxygens (including phenoxy) is 1. The molecule has 0 N–H and O–H groups in total. The molecule has 0 spiro atoms. The van der Waals surface area contributed by atoms with Crippen molar-refractivity contribution in [2.75, 3.05) is 0 Å². The molecule has 0 aliphatic carbocycles. The van der Waals surface area contributed by atoms with Crippen molar-refractivity contribution in [3.8, 4) is 0 Å². The molecular weight excluding hydrogens is 200 g/mol. The second-order valence-electron chi connectivity index (χ2n) is 2.95. The van der Waals surface area contributed by atoms with Crippen LogP contribution in [0.5, 0.6) is 0 Å². The van der Waals surface area contributed by atoms with Gasteiger partial charge in [-0.3, -0.25) is 4.79 Å². The highest BCUT2D eigenvalue weighted by Crippen LogP contribution is 2.03. The SMILES string of the molecule is CC(=O)OC(C)C.Clc1ccccc1. The maximum Gasteiger partial charge on any atom is 0.302 e. The molecule has 0 bridgehead atoms. The van der Waals surface area contributed by atoms with Crippen LogP contribution in [-0.4, -0.2) is 12.1 Å². The summed E-state index contributed by atoms with van der Waals surface area (Å²) in [6.07, 6.45) is 0.0255. The molecule has 2 nitrogen and oxygen atoms in total. The Kier molecular flexibility index (Phi) is 6.85. The lowest BCUT2D eigenvalue weighted by Crippen LogP contribution is -2.06. The largest absolute Gasteiger partial charge is 0.463 e. The topological polar surface area (TPSA) is 26.3 Å². The van der Waals surface area contributed by atoms with Crippen molar-refractivity contribution in [1.82, 2.24) is 0 Å². The van der Waals surface area contributed by atoms with E-state index in [0.29, 0.717) is 0 Å². The van der Waals surface area contributed by atoms with Crippen LogP contribution >= 0.6 is 11.6 Å². The van der Waals surface area contributed by atoms with Crippen LogP contribution in [0.2, 0.25) is 5.02 Å². The van der Waals surface area contributed by atoms with Gasteiger partial charge in [-0.2, -0.15) is 0 Å². The van der Waals surface area contributed by atoms with E-state index >= 15 is 0 Å². The molecule has 0 aromatic heterocycles. The minimum Gasteiger partial charge on any atom is -0.463 e. The number of carbonyl (C=O) groups is 1. The summed E-state index contributed by atoms with van der Waals surface area (Å²) in [4.78, 5) is 10.0. The number of hydrogen-bond donors (Lipinski definition) is 0. The summed E-state index contributed by atoms with van der Waals surface area (Å²) in [6.45, 7) is 5.04. The molecule has 78 valence electrons. The van der Waals surface area contributed by atoms with Crippen LogP contribution in [-0.2, 0) is 9.53 Å². The molecule has 0 aliphatic heterocycles. The third-order valence-corrected chi connectivity index (χ3v) is 1.39. The minimum absolute atomic E-state index is 0.0255. The molecule has 1 aromatic carbocycles. The molecule has 0 saturated heterocycles. The first-order valence-electron chi connectivity index (χ1n) is 4.40. The molecule has 1 rings (SSSR count). The zero-order chi connectivity index (χ0) is 11.0. The second-order valence-corrected chi connectivity index (χ2v) is 3.39. The van der Waals surface area contributed by atoms with Gasteiger partial charge in [-0.25, -0.2) is 0 Å². The van der Waals surface area contributed by atoms with E-state index in [1.807, 2.05) is 44.2 Å². The van der Waals surface area contributed by atoms with Crippen molar-refractivity contribution in [2.24, 2.45) is 0 Å². The normalized spacial score (nSPS) is 8.93. The highest BCUT2D eigenvalue weighted by molar-refractivity contribution is 6.30. The van der Waals surface area contributed by atoms with Gasteiger partial charge in [-0.1, -0.05) is 29.8 Å². The van der Waals surface area contributed by atoms with Crippen LogP contribution in [0.4, 0.5) is 0 Å². The summed E-state index contributed by atoms with van der Waals surface area (Å²) < 4.78 is 4.61. The van der Waals surface area contributed by atoms with Crippen molar-refractivity contribution in [2.45, 2.75) is 26.9 Å². The third-order valence-electron chi connectivity index (χ3n) is 1.13. The van der Waals surface area contributed by atoms with Gasteiger partial charge in [0.05, 0.1) is 6.10 Å². The lowest BCUT2D eigenvalue weighted by molar-refractivity contribution is -0.144. The quantitative estimate of drug-likeness (QED) is 0.671. The fraction of sp³-hybridized carbons (Fsp3) is 0.364. The predicted octanol–water partition coefficient (Wildman–Crippen LogP) is 3.30. The number of hydrogen-bond acceptors (Lipinski definition) is 2. The average Bonchev–Trinajstić information content (AvgIpc) is 2.03. The Morgan fingerprint density at radius 3 is 1.93 bits per heavy atom. The van der Waals surface area contributed by atoms with Gasteiger partial charge in [-0.05, 0) is 26.0 Å². The minimum atomic E-state index is -0.213. The van der Waals surface area contributed by atoms with Gasteiger partial charge in [0.2, 0.25) is 0 Å². The van der Waals surface area contributed by atoms with Gasteiger partial charge in [0.15, 0.2) is 0 Å². The van der Waals surface area contributed by atoms with Crippen molar-refractivity contribution in [3.63, 3.8) is 0 Å². The molecule has 0 saturated carbocycles. The first-order chi connectivity index (χ1) is 6.52. The molecule has 0 atom stereocenters. The second kappa shape index (κ2) is 7.39. The molecule has 1 aromatic rings. The fourth-order valence-electron chi connectivity index (χ4n) is 0.747. The van der Waals surface area contributed by atoms with Crippen LogP contribution in [0.15, 0.2) is 30.3 Å². The summed E-state index contributed by atoms with van der Waals surface area (Å²) in [7, 11) is 0. The van der Waals surface area contributed by atoms with Crippen LogP contribution in [0.25, 0.3) is 0 Å². The summed E-state index contributed by atoms with van der Waals surface area (Å²) in [5.74, 6) is -0.213. The number of carbonyl (C=O) groups excluding carboxylic acids is 1. The van der Waals surface area contributed by atoms with Crippen LogP contribution in [0.3, 0.4) is 0 Å². The maximum absolute atomic E-state index is 10.0. The molecule has 0 amide bonds. The summed E-state index contributed by atoms with van der Waals surface area (Å²) in [6, 6.07) is 9.44.